The van der Waals surface area contributed by atoms with E-state index in [1.807, 2.05) is 13.8 Å². The molecule has 0 aromatic heterocycles. The zero-order chi connectivity index (χ0) is 19.0. The van der Waals surface area contributed by atoms with Gasteiger partial charge in [-0.25, -0.2) is 9.69 Å². The van der Waals surface area contributed by atoms with Crippen LogP contribution < -0.4 is 5.32 Å². The minimum Gasteiger partial charge on any atom is -0.350 e. The highest BCUT2D eigenvalue weighted by molar-refractivity contribution is 6.45. The first-order valence-electron chi connectivity index (χ1n) is 8.91. The molecule has 1 saturated carbocycles. The second kappa shape index (κ2) is 6.77. The number of carbonyl (C=O) groups excluding carboxylic acids is 4. The van der Waals surface area contributed by atoms with Crippen molar-refractivity contribution in [3.05, 3.63) is 0 Å². The summed E-state index contributed by atoms with van der Waals surface area (Å²) in [6.45, 7) is 9.62. The molecule has 25 heavy (non-hydrogen) atoms. The van der Waals surface area contributed by atoms with Crippen LogP contribution in [0.15, 0.2) is 0 Å². The summed E-state index contributed by atoms with van der Waals surface area (Å²) >= 11 is 0. The van der Waals surface area contributed by atoms with Gasteiger partial charge in [-0.15, -0.1) is 0 Å². The van der Waals surface area contributed by atoms with Crippen LogP contribution in [0.4, 0.5) is 4.79 Å². The van der Waals surface area contributed by atoms with Crippen molar-refractivity contribution in [1.82, 2.24) is 15.1 Å². The van der Waals surface area contributed by atoms with E-state index in [2.05, 4.69) is 26.1 Å². The van der Waals surface area contributed by atoms with Gasteiger partial charge >= 0.3 is 17.8 Å². The monoisotopic (exact) mass is 351 g/mol. The highest BCUT2D eigenvalue weighted by Crippen LogP contribution is 2.28. The van der Waals surface area contributed by atoms with E-state index in [9.17, 15) is 19.2 Å². The number of nitrogens with one attached hydrogen (secondary N) is 1. The van der Waals surface area contributed by atoms with Gasteiger partial charge in [0.25, 0.3) is 0 Å². The Morgan fingerprint density at radius 2 is 1.60 bits per heavy atom. The van der Waals surface area contributed by atoms with E-state index in [4.69, 9.17) is 0 Å². The molecule has 1 heterocycles. The number of hydrogen-bond donors (Lipinski definition) is 1. The number of urea groups is 1. The molecule has 1 N–H and O–H groups in total. The van der Waals surface area contributed by atoms with Crippen molar-refractivity contribution in [2.75, 3.05) is 6.54 Å². The van der Waals surface area contributed by atoms with Crippen LogP contribution in [0, 0.1) is 5.41 Å². The molecule has 7 heteroatoms. The van der Waals surface area contributed by atoms with Gasteiger partial charge in [0.2, 0.25) is 5.91 Å². The van der Waals surface area contributed by atoms with Gasteiger partial charge in [-0.2, -0.15) is 0 Å². The van der Waals surface area contributed by atoms with Crippen LogP contribution in [-0.2, 0) is 14.4 Å². The summed E-state index contributed by atoms with van der Waals surface area (Å²) in [4.78, 5) is 50.9. The Hall–Kier alpha value is -1.92. The fourth-order valence-electron chi connectivity index (χ4n) is 4.08. The number of hydrogen-bond acceptors (Lipinski definition) is 4. The van der Waals surface area contributed by atoms with Gasteiger partial charge in [-0.3, -0.25) is 19.3 Å². The fraction of sp³-hybridized carbons (Fsp3) is 0.778. The molecule has 5 amide bonds. The summed E-state index contributed by atoms with van der Waals surface area (Å²) < 4.78 is 0. The lowest BCUT2D eigenvalue weighted by Crippen LogP contribution is -2.50. The van der Waals surface area contributed by atoms with Crippen LogP contribution >= 0.6 is 0 Å². The van der Waals surface area contributed by atoms with E-state index in [1.54, 1.807) is 0 Å². The maximum atomic E-state index is 12.5. The molecule has 1 aliphatic heterocycles. The molecule has 0 radical (unpaired) electrons. The third-order valence-electron chi connectivity index (χ3n) is 4.53. The van der Waals surface area contributed by atoms with Gasteiger partial charge in [0.15, 0.2) is 0 Å². The Bertz CT molecular complexity index is 586. The van der Waals surface area contributed by atoms with E-state index in [0.29, 0.717) is 0 Å². The van der Waals surface area contributed by atoms with Crippen molar-refractivity contribution in [2.24, 2.45) is 5.41 Å². The van der Waals surface area contributed by atoms with Crippen molar-refractivity contribution in [2.45, 2.75) is 78.3 Å². The van der Waals surface area contributed by atoms with Crippen molar-refractivity contribution < 1.29 is 19.2 Å². The average Bonchev–Trinajstić information content (AvgIpc) is 2.99. The SMILES string of the molecule is CC(C)(C)CC(C)(C)NC(=O)CN1C(=O)C(=O)N(C2CCCC2)C1=O. The number of rotatable bonds is 5. The summed E-state index contributed by atoms with van der Waals surface area (Å²) in [5, 5.41) is 2.87. The molecular formula is C18H29N3O4. The minimum atomic E-state index is -0.902. The summed E-state index contributed by atoms with van der Waals surface area (Å²) in [6, 6.07) is -0.875. The molecule has 1 saturated heterocycles. The van der Waals surface area contributed by atoms with E-state index in [0.717, 1.165) is 41.9 Å². The van der Waals surface area contributed by atoms with Crippen LogP contribution in [0.25, 0.3) is 0 Å². The van der Waals surface area contributed by atoms with Crippen molar-refractivity contribution >= 4 is 23.8 Å². The lowest BCUT2D eigenvalue weighted by molar-refractivity contribution is -0.144. The van der Waals surface area contributed by atoms with Gasteiger partial charge in [-0.05, 0) is 38.5 Å². The summed E-state index contributed by atoms with van der Waals surface area (Å²) in [6.07, 6.45) is 4.07. The molecule has 2 fully saturated rings. The van der Waals surface area contributed by atoms with Crippen LogP contribution in [-0.4, -0.2) is 51.7 Å². The first-order chi connectivity index (χ1) is 11.4. The average molecular weight is 351 g/mol. The topological polar surface area (TPSA) is 86.8 Å². The fourth-order valence-corrected chi connectivity index (χ4v) is 4.08. The van der Waals surface area contributed by atoms with Gasteiger partial charge in [0, 0.05) is 11.6 Å². The third-order valence-corrected chi connectivity index (χ3v) is 4.53. The Kier molecular flexibility index (Phi) is 5.25. The molecular weight excluding hydrogens is 322 g/mol. The molecule has 0 atom stereocenters. The highest BCUT2D eigenvalue weighted by Gasteiger charge is 2.48. The lowest BCUT2D eigenvalue weighted by atomic mass is 9.82. The first kappa shape index (κ1) is 19.4. The third kappa shape index (κ3) is 4.58. The molecule has 0 bridgehead atoms. The first-order valence-corrected chi connectivity index (χ1v) is 8.91. The summed E-state index contributed by atoms with van der Waals surface area (Å²) in [5.74, 6) is -2.14. The van der Waals surface area contributed by atoms with Crippen LogP contribution in [0.1, 0.15) is 66.7 Å². The Balaban J connectivity index is 2.01. The van der Waals surface area contributed by atoms with Crippen LogP contribution in [0.5, 0.6) is 0 Å². The van der Waals surface area contributed by atoms with Gasteiger partial charge < -0.3 is 5.32 Å². The quantitative estimate of drug-likeness (QED) is 0.607. The predicted octanol–water partition coefficient (Wildman–Crippen LogP) is 2.05. The van der Waals surface area contributed by atoms with E-state index in [-0.39, 0.29) is 11.5 Å². The second-order valence-electron chi connectivity index (χ2n) is 8.96. The molecule has 7 nitrogen and oxygen atoms in total. The van der Waals surface area contributed by atoms with Crippen LogP contribution in [0.2, 0.25) is 0 Å². The van der Waals surface area contributed by atoms with Gasteiger partial charge in [-0.1, -0.05) is 33.6 Å². The molecule has 0 unspecified atom stereocenters. The standard InChI is InChI=1S/C18H29N3O4/c1-17(2,3)11-18(4,5)19-13(22)10-20-14(23)15(24)21(16(20)25)12-8-6-7-9-12/h12H,6-11H2,1-5H3,(H,19,22). The van der Waals surface area contributed by atoms with Gasteiger partial charge in [0.05, 0.1) is 0 Å². The maximum Gasteiger partial charge on any atom is 0.334 e. The number of carbonyl (C=O) groups is 4. The Labute approximate surface area is 149 Å². The maximum absolute atomic E-state index is 12.5. The molecule has 0 aromatic rings. The number of imide groups is 2. The molecule has 2 rings (SSSR count). The zero-order valence-corrected chi connectivity index (χ0v) is 15.8. The molecule has 2 aliphatic rings. The predicted molar refractivity (Wildman–Crippen MR) is 92.5 cm³/mol. The zero-order valence-electron chi connectivity index (χ0n) is 15.8. The Morgan fingerprint density at radius 1 is 1.04 bits per heavy atom. The van der Waals surface area contributed by atoms with E-state index in [1.165, 1.54) is 0 Å². The number of amides is 5. The smallest absolute Gasteiger partial charge is 0.334 e. The van der Waals surface area contributed by atoms with Crippen molar-refractivity contribution in [3.8, 4) is 0 Å². The van der Waals surface area contributed by atoms with E-state index < -0.39 is 35.8 Å². The second-order valence-corrected chi connectivity index (χ2v) is 8.96. The van der Waals surface area contributed by atoms with Crippen molar-refractivity contribution in [1.29, 1.82) is 0 Å². The summed E-state index contributed by atoms with van der Waals surface area (Å²) in [5.41, 5.74) is -0.457. The Morgan fingerprint density at radius 3 is 2.12 bits per heavy atom. The van der Waals surface area contributed by atoms with Crippen LogP contribution in [0.3, 0.4) is 0 Å². The largest absolute Gasteiger partial charge is 0.350 e. The normalized spacial score (nSPS) is 20.0. The molecule has 0 spiro atoms. The van der Waals surface area contributed by atoms with Gasteiger partial charge in [0.1, 0.15) is 6.54 Å². The summed E-state index contributed by atoms with van der Waals surface area (Å²) in [7, 11) is 0. The van der Waals surface area contributed by atoms with E-state index >= 15 is 0 Å². The number of nitrogens with zero attached hydrogens (tertiary/aromatic N) is 2. The lowest BCUT2D eigenvalue weighted by Gasteiger charge is -2.33. The molecule has 140 valence electrons. The molecule has 1 aliphatic carbocycles. The minimum absolute atomic E-state index is 0.0191. The molecule has 0 aromatic carbocycles. The highest BCUT2D eigenvalue weighted by atomic mass is 16.2. The van der Waals surface area contributed by atoms with Crippen molar-refractivity contribution in [3.63, 3.8) is 0 Å².